The molecule has 144 valence electrons. The monoisotopic (exact) mass is 435 g/mol. The van der Waals surface area contributed by atoms with Gasteiger partial charge in [-0.05, 0) is 54.1 Å². The second-order valence-corrected chi connectivity index (χ2v) is 8.29. The van der Waals surface area contributed by atoms with Crippen LogP contribution in [0.4, 0.5) is 5.69 Å². The van der Waals surface area contributed by atoms with E-state index in [4.69, 9.17) is 23.2 Å². The Morgan fingerprint density at radius 2 is 1.75 bits per heavy atom. The van der Waals surface area contributed by atoms with Gasteiger partial charge in [0.25, 0.3) is 15.9 Å². The first-order valence-corrected chi connectivity index (χ1v) is 10.3. The van der Waals surface area contributed by atoms with Crippen molar-refractivity contribution >= 4 is 44.8 Å². The summed E-state index contributed by atoms with van der Waals surface area (Å²) in [4.78, 5) is 16.1. The summed E-state index contributed by atoms with van der Waals surface area (Å²) >= 11 is 11.9. The van der Waals surface area contributed by atoms with Crippen molar-refractivity contribution in [2.75, 3.05) is 4.72 Å². The van der Waals surface area contributed by atoms with Crippen LogP contribution in [0.3, 0.4) is 0 Å². The van der Waals surface area contributed by atoms with Gasteiger partial charge in [-0.2, -0.15) is 0 Å². The van der Waals surface area contributed by atoms with E-state index in [-0.39, 0.29) is 26.5 Å². The zero-order valence-electron chi connectivity index (χ0n) is 14.4. The Kier molecular flexibility index (Phi) is 6.18. The molecule has 0 saturated carbocycles. The average molecular weight is 436 g/mol. The van der Waals surface area contributed by atoms with Crippen LogP contribution in [-0.2, 0) is 16.6 Å². The number of amides is 1. The van der Waals surface area contributed by atoms with Gasteiger partial charge in [-0.1, -0.05) is 29.3 Å². The van der Waals surface area contributed by atoms with Crippen molar-refractivity contribution in [1.29, 1.82) is 0 Å². The predicted molar refractivity (Wildman–Crippen MR) is 109 cm³/mol. The van der Waals surface area contributed by atoms with Gasteiger partial charge < -0.3 is 5.32 Å². The van der Waals surface area contributed by atoms with Crippen LogP contribution in [0.15, 0.2) is 71.9 Å². The van der Waals surface area contributed by atoms with E-state index >= 15 is 0 Å². The number of carbonyl (C=O) groups is 1. The lowest BCUT2D eigenvalue weighted by Crippen LogP contribution is -2.23. The molecule has 28 heavy (non-hydrogen) atoms. The van der Waals surface area contributed by atoms with E-state index in [1.54, 1.807) is 36.7 Å². The zero-order valence-corrected chi connectivity index (χ0v) is 16.7. The van der Waals surface area contributed by atoms with Crippen molar-refractivity contribution in [2.24, 2.45) is 0 Å². The summed E-state index contributed by atoms with van der Waals surface area (Å²) in [5.41, 5.74) is 1.44. The fourth-order valence-corrected chi connectivity index (χ4v) is 4.22. The molecule has 0 aliphatic carbocycles. The van der Waals surface area contributed by atoms with Gasteiger partial charge in [0, 0.05) is 35.2 Å². The van der Waals surface area contributed by atoms with Crippen LogP contribution in [0, 0.1) is 0 Å². The molecule has 0 bridgehead atoms. The molecule has 2 aromatic carbocycles. The lowest BCUT2D eigenvalue weighted by molar-refractivity contribution is 0.0951. The molecule has 3 aromatic rings. The number of pyridine rings is 1. The Morgan fingerprint density at radius 3 is 2.50 bits per heavy atom. The van der Waals surface area contributed by atoms with Gasteiger partial charge in [0.15, 0.2) is 0 Å². The van der Waals surface area contributed by atoms with Crippen molar-refractivity contribution in [3.8, 4) is 0 Å². The van der Waals surface area contributed by atoms with Crippen LogP contribution in [-0.4, -0.2) is 19.3 Å². The third-order valence-corrected chi connectivity index (χ3v) is 5.86. The molecule has 0 unspecified atom stereocenters. The summed E-state index contributed by atoms with van der Waals surface area (Å²) in [6.45, 7) is 0.329. The van der Waals surface area contributed by atoms with Crippen LogP contribution in [0.5, 0.6) is 0 Å². The molecule has 9 heteroatoms. The van der Waals surface area contributed by atoms with Crippen molar-refractivity contribution < 1.29 is 13.2 Å². The van der Waals surface area contributed by atoms with E-state index in [1.807, 2.05) is 0 Å². The highest BCUT2D eigenvalue weighted by Crippen LogP contribution is 2.27. The minimum Gasteiger partial charge on any atom is -0.348 e. The Labute approximate surface area is 172 Å². The third kappa shape index (κ3) is 5.01. The van der Waals surface area contributed by atoms with Gasteiger partial charge in [0.2, 0.25) is 0 Å². The first-order valence-electron chi connectivity index (χ1n) is 8.10. The molecule has 1 heterocycles. The molecule has 3 rings (SSSR count). The van der Waals surface area contributed by atoms with Crippen LogP contribution < -0.4 is 10.0 Å². The number of sulfonamides is 1. The smallest absolute Gasteiger partial charge is 0.263 e. The molecule has 0 aliphatic heterocycles. The molecule has 2 N–H and O–H groups in total. The van der Waals surface area contributed by atoms with E-state index in [9.17, 15) is 13.2 Å². The Morgan fingerprint density at radius 1 is 1.00 bits per heavy atom. The van der Waals surface area contributed by atoms with Crippen molar-refractivity contribution in [3.05, 3.63) is 88.2 Å². The summed E-state index contributed by atoms with van der Waals surface area (Å²) in [5, 5.41) is 3.06. The summed E-state index contributed by atoms with van der Waals surface area (Å²) in [6.07, 6.45) is 3.27. The lowest BCUT2D eigenvalue weighted by Gasteiger charge is -2.11. The predicted octanol–water partition coefficient (Wildman–Crippen LogP) is 4.12. The van der Waals surface area contributed by atoms with Gasteiger partial charge in [-0.3, -0.25) is 14.5 Å². The zero-order chi connectivity index (χ0) is 20.1. The number of benzene rings is 2. The fraction of sp³-hybridized carbons (Fsp3) is 0.0526. The number of anilines is 1. The number of hydrogen-bond acceptors (Lipinski definition) is 4. The number of nitrogens with zero attached hydrogens (tertiary/aromatic N) is 1. The molecule has 0 radical (unpaired) electrons. The van der Waals surface area contributed by atoms with E-state index < -0.39 is 10.0 Å². The maximum Gasteiger partial charge on any atom is 0.263 e. The molecular formula is C19H15Cl2N3O3S. The Hall–Kier alpha value is -2.61. The molecule has 1 amide bonds. The van der Waals surface area contributed by atoms with Gasteiger partial charge in [0.05, 0.1) is 5.02 Å². The number of nitrogens with one attached hydrogen (secondary N) is 2. The SMILES string of the molecule is O=C(NCc1ccncc1)c1cccc(NS(=O)(=O)c2cc(Cl)ccc2Cl)c1. The number of carbonyl (C=O) groups excluding carboxylic acids is 1. The molecule has 6 nitrogen and oxygen atoms in total. The standard InChI is InChI=1S/C19H15Cl2N3O3S/c20-15-4-5-17(21)18(11-15)28(26,27)24-16-3-1-2-14(10-16)19(25)23-12-13-6-8-22-9-7-13/h1-11,24H,12H2,(H,23,25). The van der Waals surface area contributed by atoms with E-state index in [1.165, 1.54) is 30.3 Å². The number of halogens is 2. The highest BCUT2D eigenvalue weighted by Gasteiger charge is 2.19. The van der Waals surface area contributed by atoms with E-state index in [2.05, 4.69) is 15.0 Å². The first kappa shape index (κ1) is 20.1. The number of aromatic nitrogens is 1. The molecule has 0 spiro atoms. The number of rotatable bonds is 6. The van der Waals surface area contributed by atoms with Gasteiger partial charge >= 0.3 is 0 Å². The van der Waals surface area contributed by atoms with Crippen LogP contribution in [0.2, 0.25) is 10.0 Å². The summed E-state index contributed by atoms with van der Waals surface area (Å²) in [5.74, 6) is -0.335. The number of hydrogen-bond donors (Lipinski definition) is 2. The van der Waals surface area contributed by atoms with Crippen molar-refractivity contribution in [3.63, 3.8) is 0 Å². The minimum atomic E-state index is -3.97. The van der Waals surface area contributed by atoms with E-state index in [0.29, 0.717) is 12.1 Å². The summed E-state index contributed by atoms with van der Waals surface area (Å²) in [7, 11) is -3.97. The molecular weight excluding hydrogens is 421 g/mol. The van der Waals surface area contributed by atoms with E-state index in [0.717, 1.165) is 5.56 Å². The summed E-state index contributed by atoms with van der Waals surface area (Å²) < 4.78 is 27.6. The Bertz CT molecular complexity index is 1110. The van der Waals surface area contributed by atoms with Crippen LogP contribution >= 0.6 is 23.2 Å². The minimum absolute atomic E-state index is 0.0446. The van der Waals surface area contributed by atoms with Crippen molar-refractivity contribution in [1.82, 2.24) is 10.3 Å². The molecule has 0 saturated heterocycles. The van der Waals surface area contributed by atoms with Gasteiger partial charge in [-0.15, -0.1) is 0 Å². The average Bonchev–Trinajstić information content (AvgIpc) is 2.68. The maximum absolute atomic E-state index is 12.6. The van der Waals surface area contributed by atoms with Crippen LogP contribution in [0.1, 0.15) is 15.9 Å². The fourth-order valence-electron chi connectivity index (χ4n) is 2.40. The molecule has 0 atom stereocenters. The highest BCUT2D eigenvalue weighted by atomic mass is 35.5. The quantitative estimate of drug-likeness (QED) is 0.609. The second kappa shape index (κ2) is 8.60. The lowest BCUT2D eigenvalue weighted by atomic mass is 10.2. The van der Waals surface area contributed by atoms with Gasteiger partial charge in [-0.25, -0.2) is 8.42 Å². The van der Waals surface area contributed by atoms with Crippen molar-refractivity contribution in [2.45, 2.75) is 11.4 Å². The van der Waals surface area contributed by atoms with Gasteiger partial charge in [0.1, 0.15) is 4.90 Å². The molecule has 0 aliphatic rings. The second-order valence-electron chi connectivity index (χ2n) is 5.80. The molecule has 0 fully saturated rings. The topological polar surface area (TPSA) is 88.2 Å². The normalized spacial score (nSPS) is 11.1. The largest absolute Gasteiger partial charge is 0.348 e. The third-order valence-electron chi connectivity index (χ3n) is 3.76. The summed E-state index contributed by atoms with van der Waals surface area (Å²) in [6, 6.07) is 13.9. The first-order chi connectivity index (χ1) is 13.3. The Balaban J connectivity index is 1.75. The highest BCUT2D eigenvalue weighted by molar-refractivity contribution is 7.92. The maximum atomic E-state index is 12.6. The molecule has 1 aromatic heterocycles. The van der Waals surface area contributed by atoms with Crippen LogP contribution in [0.25, 0.3) is 0 Å².